The molecule has 0 aliphatic carbocycles. The molecule has 1 N–H and O–H groups in total. The lowest BCUT2D eigenvalue weighted by Gasteiger charge is -2.22. The lowest BCUT2D eigenvalue weighted by Crippen LogP contribution is -2.27. The van der Waals surface area contributed by atoms with E-state index in [1.165, 1.54) is 6.07 Å². The molecule has 2 aromatic heterocycles. The van der Waals surface area contributed by atoms with Crippen LogP contribution in [0.3, 0.4) is 0 Å². The zero-order valence-corrected chi connectivity index (χ0v) is 16.9. The van der Waals surface area contributed by atoms with Crippen molar-refractivity contribution in [2.45, 2.75) is 32.7 Å². The summed E-state index contributed by atoms with van der Waals surface area (Å²) < 4.78 is 16.6. The van der Waals surface area contributed by atoms with Gasteiger partial charge in [-0.05, 0) is 37.1 Å². The monoisotopic (exact) mass is 417 g/mol. The quantitative estimate of drug-likeness (QED) is 0.515. The normalized spacial score (nSPS) is 15.7. The Morgan fingerprint density at radius 1 is 1.19 bits per heavy atom. The number of benzene rings is 2. The molecule has 3 heterocycles. The number of carbonyl (C=O) groups is 1. The van der Waals surface area contributed by atoms with Crippen LogP contribution in [0.1, 0.15) is 39.7 Å². The van der Waals surface area contributed by atoms with Gasteiger partial charge in [0.25, 0.3) is 5.56 Å². The van der Waals surface area contributed by atoms with Gasteiger partial charge in [-0.15, -0.1) is 10.2 Å². The summed E-state index contributed by atoms with van der Waals surface area (Å²) in [5.41, 5.74) is 1.25. The average Bonchev–Trinajstić information content (AvgIpc) is 3.17. The Balaban J connectivity index is 1.44. The molecule has 0 radical (unpaired) electrons. The SMILES string of the molecule is Cc1nnc2n1CCC(C(=O)c1cc(Cc3n[nH]c(=O)c4ccccc34)ccc1F)C2. The first kappa shape index (κ1) is 19.3. The number of aromatic nitrogens is 5. The molecule has 0 saturated heterocycles. The summed E-state index contributed by atoms with van der Waals surface area (Å²) in [6.07, 6.45) is 1.45. The van der Waals surface area contributed by atoms with Gasteiger partial charge < -0.3 is 4.57 Å². The fourth-order valence-corrected chi connectivity index (χ4v) is 4.29. The number of hydrogen-bond acceptors (Lipinski definition) is 5. The zero-order chi connectivity index (χ0) is 21.5. The van der Waals surface area contributed by atoms with E-state index < -0.39 is 5.82 Å². The van der Waals surface area contributed by atoms with Crippen LogP contribution in [0.15, 0.2) is 47.3 Å². The number of halogens is 1. The minimum atomic E-state index is -0.531. The summed E-state index contributed by atoms with van der Waals surface area (Å²) in [5, 5.41) is 16.2. The predicted molar refractivity (Wildman–Crippen MR) is 112 cm³/mol. The fraction of sp³-hybridized carbons (Fsp3) is 0.261. The number of hydrogen-bond donors (Lipinski definition) is 1. The molecule has 0 amide bonds. The number of ketones is 1. The van der Waals surface area contributed by atoms with Crippen molar-refractivity contribution in [2.24, 2.45) is 5.92 Å². The van der Waals surface area contributed by atoms with E-state index in [1.807, 2.05) is 23.6 Å². The number of Topliss-reactive ketones (excluding diaryl/α,β-unsaturated/α-hetero) is 1. The van der Waals surface area contributed by atoms with Crippen LogP contribution >= 0.6 is 0 Å². The number of aromatic amines is 1. The topological polar surface area (TPSA) is 93.5 Å². The van der Waals surface area contributed by atoms with E-state index in [-0.39, 0.29) is 22.8 Å². The van der Waals surface area contributed by atoms with Crippen molar-refractivity contribution < 1.29 is 9.18 Å². The van der Waals surface area contributed by atoms with E-state index in [0.717, 1.165) is 22.6 Å². The van der Waals surface area contributed by atoms with Crippen LogP contribution in [0.25, 0.3) is 10.8 Å². The van der Waals surface area contributed by atoms with Crippen molar-refractivity contribution in [1.82, 2.24) is 25.0 Å². The lowest BCUT2D eigenvalue weighted by molar-refractivity contribution is 0.0893. The Morgan fingerprint density at radius 3 is 2.84 bits per heavy atom. The first-order chi connectivity index (χ1) is 15.0. The van der Waals surface area contributed by atoms with Crippen LogP contribution < -0.4 is 5.56 Å². The Morgan fingerprint density at radius 2 is 2.00 bits per heavy atom. The van der Waals surface area contributed by atoms with E-state index in [4.69, 9.17) is 0 Å². The van der Waals surface area contributed by atoms with Gasteiger partial charge in [0.15, 0.2) is 5.78 Å². The lowest BCUT2D eigenvalue weighted by atomic mass is 9.88. The highest BCUT2D eigenvalue weighted by atomic mass is 19.1. The van der Waals surface area contributed by atoms with Crippen LogP contribution in [0.5, 0.6) is 0 Å². The van der Waals surface area contributed by atoms with Gasteiger partial charge in [0.1, 0.15) is 17.5 Å². The molecule has 0 saturated carbocycles. The van der Waals surface area contributed by atoms with Gasteiger partial charge >= 0.3 is 0 Å². The highest BCUT2D eigenvalue weighted by Gasteiger charge is 2.29. The second-order valence-electron chi connectivity index (χ2n) is 7.91. The van der Waals surface area contributed by atoms with Gasteiger partial charge in [-0.25, -0.2) is 9.49 Å². The minimum Gasteiger partial charge on any atom is -0.315 e. The van der Waals surface area contributed by atoms with Gasteiger partial charge in [0.05, 0.1) is 16.6 Å². The molecule has 2 aromatic carbocycles. The van der Waals surface area contributed by atoms with Gasteiger partial charge in [0, 0.05) is 30.7 Å². The summed E-state index contributed by atoms with van der Waals surface area (Å²) in [5.74, 6) is 0.520. The summed E-state index contributed by atoms with van der Waals surface area (Å²) >= 11 is 0. The van der Waals surface area contributed by atoms with Gasteiger partial charge in [0.2, 0.25) is 0 Å². The maximum atomic E-state index is 14.6. The molecule has 1 aliphatic rings. The molecule has 4 aromatic rings. The minimum absolute atomic E-state index is 0.0842. The number of aryl methyl sites for hydroxylation is 1. The molecule has 0 spiro atoms. The Bertz CT molecular complexity index is 1370. The predicted octanol–water partition coefficient (Wildman–Crippen LogP) is 3.00. The summed E-state index contributed by atoms with van der Waals surface area (Å²) in [6.45, 7) is 2.54. The second-order valence-corrected chi connectivity index (χ2v) is 7.91. The number of nitrogens with zero attached hydrogens (tertiary/aromatic N) is 4. The summed E-state index contributed by atoms with van der Waals surface area (Å²) in [6, 6.07) is 11.8. The van der Waals surface area contributed by atoms with E-state index in [1.54, 1.807) is 24.3 Å². The first-order valence-corrected chi connectivity index (χ1v) is 10.2. The van der Waals surface area contributed by atoms with Crippen molar-refractivity contribution in [1.29, 1.82) is 0 Å². The Hall–Kier alpha value is -3.68. The van der Waals surface area contributed by atoms with Crippen molar-refractivity contribution in [3.8, 4) is 0 Å². The number of rotatable bonds is 4. The van der Waals surface area contributed by atoms with Crippen LogP contribution in [0.2, 0.25) is 0 Å². The average molecular weight is 417 g/mol. The fourth-order valence-electron chi connectivity index (χ4n) is 4.29. The summed E-state index contributed by atoms with van der Waals surface area (Å²) in [7, 11) is 0. The molecule has 0 fully saturated rings. The third kappa shape index (κ3) is 3.43. The van der Waals surface area contributed by atoms with Gasteiger partial charge in [-0.3, -0.25) is 9.59 Å². The largest absolute Gasteiger partial charge is 0.315 e. The second kappa shape index (κ2) is 7.54. The molecule has 1 unspecified atom stereocenters. The molecule has 31 heavy (non-hydrogen) atoms. The van der Waals surface area contributed by atoms with Crippen LogP contribution in [-0.2, 0) is 19.4 Å². The van der Waals surface area contributed by atoms with Crippen LogP contribution in [0, 0.1) is 18.7 Å². The Kier molecular flexibility index (Phi) is 4.69. The van der Waals surface area contributed by atoms with Crippen molar-refractivity contribution in [2.75, 3.05) is 0 Å². The highest BCUT2D eigenvalue weighted by molar-refractivity contribution is 5.98. The maximum Gasteiger partial charge on any atom is 0.272 e. The number of carbonyl (C=O) groups excluding carboxylic acids is 1. The molecular formula is C23H20FN5O2. The molecule has 5 rings (SSSR count). The molecule has 7 nitrogen and oxygen atoms in total. The summed E-state index contributed by atoms with van der Waals surface area (Å²) in [4.78, 5) is 25.2. The molecule has 1 atom stereocenters. The number of nitrogens with one attached hydrogen (secondary N) is 1. The third-order valence-electron chi connectivity index (χ3n) is 5.96. The van der Waals surface area contributed by atoms with E-state index >= 15 is 0 Å². The zero-order valence-electron chi connectivity index (χ0n) is 16.9. The maximum absolute atomic E-state index is 14.6. The third-order valence-corrected chi connectivity index (χ3v) is 5.96. The molecule has 8 heteroatoms. The molecular weight excluding hydrogens is 397 g/mol. The van der Waals surface area contributed by atoms with Crippen molar-refractivity contribution >= 4 is 16.6 Å². The number of fused-ring (bicyclic) bond motifs is 2. The number of H-pyrrole nitrogens is 1. The van der Waals surface area contributed by atoms with Crippen LogP contribution in [0.4, 0.5) is 4.39 Å². The first-order valence-electron chi connectivity index (χ1n) is 10.2. The van der Waals surface area contributed by atoms with Crippen molar-refractivity contribution in [3.05, 3.63) is 87.1 Å². The van der Waals surface area contributed by atoms with Gasteiger partial charge in [-0.1, -0.05) is 24.3 Å². The van der Waals surface area contributed by atoms with Crippen molar-refractivity contribution in [3.63, 3.8) is 0 Å². The molecule has 0 bridgehead atoms. The van der Waals surface area contributed by atoms with E-state index in [9.17, 15) is 14.0 Å². The standard InChI is InChI=1S/C23H20FN5O2/c1-13-25-27-21-12-15(8-9-29(13)21)22(30)18-10-14(6-7-19(18)24)11-20-16-4-2-3-5-17(16)23(31)28-26-20/h2-7,10,15H,8-9,11-12H2,1H3,(H,28,31). The van der Waals surface area contributed by atoms with E-state index in [0.29, 0.717) is 36.9 Å². The highest BCUT2D eigenvalue weighted by Crippen LogP contribution is 2.26. The van der Waals surface area contributed by atoms with E-state index in [2.05, 4.69) is 20.4 Å². The molecule has 156 valence electrons. The Labute approximate surface area is 176 Å². The smallest absolute Gasteiger partial charge is 0.272 e. The molecule has 1 aliphatic heterocycles. The van der Waals surface area contributed by atoms with Crippen LogP contribution in [-0.4, -0.2) is 30.7 Å². The van der Waals surface area contributed by atoms with Gasteiger partial charge in [-0.2, -0.15) is 5.10 Å².